The molecule has 14 heavy (non-hydrogen) atoms. The molecule has 1 saturated heterocycles. The number of carbonyl (C=O) groups excluding carboxylic acids is 2. The van der Waals surface area contributed by atoms with Gasteiger partial charge >= 0.3 is 0 Å². The predicted molar refractivity (Wildman–Crippen MR) is 58.1 cm³/mol. The Morgan fingerprint density at radius 1 is 1.50 bits per heavy atom. The van der Waals surface area contributed by atoms with Crippen molar-refractivity contribution < 1.29 is 9.59 Å². The average Bonchev–Trinajstić information content (AvgIpc) is 2.32. The van der Waals surface area contributed by atoms with Gasteiger partial charge < -0.3 is 0 Å². The van der Waals surface area contributed by atoms with Crippen molar-refractivity contribution in [3.63, 3.8) is 0 Å². The lowest BCUT2D eigenvalue weighted by atomic mass is 9.96. The van der Waals surface area contributed by atoms with Gasteiger partial charge in [-0.15, -0.1) is 0 Å². The number of carbonyl (C=O) groups is 2. The van der Waals surface area contributed by atoms with E-state index in [0.29, 0.717) is 13.0 Å². The Kier molecular flexibility index (Phi) is 3.35. The van der Waals surface area contributed by atoms with Crippen molar-refractivity contribution in [1.29, 1.82) is 0 Å². The second-order valence-electron chi connectivity index (χ2n) is 4.72. The van der Waals surface area contributed by atoms with Crippen molar-refractivity contribution in [1.82, 2.24) is 4.90 Å². The van der Waals surface area contributed by atoms with Crippen LogP contribution in [0.2, 0.25) is 0 Å². The maximum atomic E-state index is 11.6. The fourth-order valence-corrected chi connectivity index (χ4v) is 1.66. The summed E-state index contributed by atoms with van der Waals surface area (Å²) in [7, 11) is 0. The van der Waals surface area contributed by atoms with E-state index in [0.717, 1.165) is 5.33 Å². The van der Waals surface area contributed by atoms with Crippen molar-refractivity contribution in [2.24, 2.45) is 11.3 Å². The number of nitrogens with zero attached hydrogens (tertiary/aromatic N) is 1. The van der Waals surface area contributed by atoms with Crippen LogP contribution < -0.4 is 0 Å². The van der Waals surface area contributed by atoms with Crippen LogP contribution in [0.3, 0.4) is 0 Å². The lowest BCUT2D eigenvalue weighted by Crippen LogP contribution is -2.39. The normalized spacial score (nSPS) is 23.4. The molecule has 0 spiro atoms. The SMILES string of the molecule is CC1CC(=O)N(CC(C)(C)CBr)C1=O. The van der Waals surface area contributed by atoms with Gasteiger partial charge in [0.2, 0.25) is 11.8 Å². The summed E-state index contributed by atoms with van der Waals surface area (Å²) in [5.74, 6) is -0.186. The maximum absolute atomic E-state index is 11.6. The molecule has 80 valence electrons. The molecule has 0 N–H and O–H groups in total. The summed E-state index contributed by atoms with van der Waals surface area (Å²) >= 11 is 3.38. The quantitative estimate of drug-likeness (QED) is 0.574. The molecule has 1 unspecified atom stereocenters. The van der Waals surface area contributed by atoms with Crippen LogP contribution in [0.25, 0.3) is 0 Å². The van der Waals surface area contributed by atoms with E-state index >= 15 is 0 Å². The number of hydrogen-bond donors (Lipinski definition) is 0. The molecule has 1 rings (SSSR count). The van der Waals surface area contributed by atoms with Crippen molar-refractivity contribution >= 4 is 27.7 Å². The first-order valence-electron chi connectivity index (χ1n) is 4.77. The Labute approximate surface area is 93.0 Å². The van der Waals surface area contributed by atoms with E-state index in [4.69, 9.17) is 0 Å². The first-order valence-corrected chi connectivity index (χ1v) is 5.90. The maximum Gasteiger partial charge on any atom is 0.232 e. The molecule has 0 bridgehead atoms. The number of amides is 2. The van der Waals surface area contributed by atoms with Gasteiger partial charge in [-0.1, -0.05) is 36.7 Å². The van der Waals surface area contributed by atoms with E-state index in [1.54, 1.807) is 6.92 Å². The Bertz CT molecular complexity index is 263. The third-order valence-electron chi connectivity index (χ3n) is 2.42. The molecule has 2 amide bonds. The Morgan fingerprint density at radius 3 is 2.43 bits per heavy atom. The summed E-state index contributed by atoms with van der Waals surface area (Å²) in [5.41, 5.74) is -0.0463. The lowest BCUT2D eigenvalue weighted by molar-refractivity contribution is -0.140. The van der Waals surface area contributed by atoms with Crippen molar-refractivity contribution in [2.75, 3.05) is 11.9 Å². The summed E-state index contributed by atoms with van der Waals surface area (Å²) in [4.78, 5) is 24.5. The van der Waals surface area contributed by atoms with Crippen molar-refractivity contribution in [2.45, 2.75) is 27.2 Å². The fraction of sp³-hybridized carbons (Fsp3) is 0.800. The van der Waals surface area contributed by atoms with E-state index in [9.17, 15) is 9.59 Å². The van der Waals surface area contributed by atoms with Crippen LogP contribution in [0, 0.1) is 11.3 Å². The Hall–Kier alpha value is -0.380. The van der Waals surface area contributed by atoms with Crippen molar-refractivity contribution in [3.05, 3.63) is 0 Å². The fourth-order valence-electron chi connectivity index (χ4n) is 1.48. The highest BCUT2D eigenvalue weighted by atomic mass is 79.9. The van der Waals surface area contributed by atoms with Gasteiger partial charge in [-0.25, -0.2) is 0 Å². The van der Waals surface area contributed by atoms with Gasteiger partial charge in [0.15, 0.2) is 0 Å². The highest BCUT2D eigenvalue weighted by Crippen LogP contribution is 2.25. The third-order valence-corrected chi connectivity index (χ3v) is 3.94. The van der Waals surface area contributed by atoms with Crippen LogP contribution in [-0.4, -0.2) is 28.6 Å². The van der Waals surface area contributed by atoms with Gasteiger partial charge in [0, 0.05) is 24.2 Å². The van der Waals surface area contributed by atoms with E-state index in [1.807, 2.05) is 13.8 Å². The van der Waals surface area contributed by atoms with Gasteiger partial charge in [0.25, 0.3) is 0 Å². The molecule has 0 aromatic carbocycles. The second-order valence-corrected chi connectivity index (χ2v) is 5.28. The molecule has 1 atom stereocenters. The van der Waals surface area contributed by atoms with E-state index in [1.165, 1.54) is 4.90 Å². The number of hydrogen-bond acceptors (Lipinski definition) is 2. The predicted octanol–water partition coefficient (Wildman–Crippen LogP) is 1.80. The van der Waals surface area contributed by atoms with Gasteiger partial charge in [-0.05, 0) is 5.41 Å². The summed E-state index contributed by atoms with van der Waals surface area (Å²) in [6.07, 6.45) is 0.372. The smallest absolute Gasteiger partial charge is 0.232 e. The zero-order valence-corrected chi connectivity index (χ0v) is 10.4. The largest absolute Gasteiger partial charge is 0.282 e. The van der Waals surface area contributed by atoms with Crippen LogP contribution in [0.1, 0.15) is 27.2 Å². The molecule has 4 heteroatoms. The third kappa shape index (κ3) is 2.35. The first-order chi connectivity index (χ1) is 6.37. The first kappa shape index (κ1) is 11.7. The molecular formula is C10H16BrNO2. The summed E-state index contributed by atoms with van der Waals surface area (Å²) < 4.78 is 0. The molecule has 0 aliphatic carbocycles. The standard InChI is InChI=1S/C10H16BrNO2/c1-7-4-8(13)12(9(7)14)6-10(2,3)5-11/h7H,4-6H2,1-3H3. The zero-order valence-electron chi connectivity index (χ0n) is 8.84. The van der Waals surface area contributed by atoms with E-state index in [2.05, 4.69) is 15.9 Å². The molecule has 1 heterocycles. The minimum atomic E-state index is -0.131. The minimum absolute atomic E-state index is 0.0241. The second kappa shape index (κ2) is 4.01. The monoisotopic (exact) mass is 261 g/mol. The Morgan fingerprint density at radius 2 is 2.07 bits per heavy atom. The molecule has 3 nitrogen and oxygen atoms in total. The topological polar surface area (TPSA) is 37.4 Å². The van der Waals surface area contributed by atoms with Crippen LogP contribution in [0.4, 0.5) is 0 Å². The molecule has 0 radical (unpaired) electrons. The molecule has 1 fully saturated rings. The van der Waals surface area contributed by atoms with Crippen LogP contribution in [-0.2, 0) is 9.59 Å². The molecule has 1 aliphatic heterocycles. The van der Waals surface area contributed by atoms with E-state index < -0.39 is 0 Å². The van der Waals surface area contributed by atoms with Gasteiger partial charge in [0.1, 0.15) is 0 Å². The minimum Gasteiger partial charge on any atom is -0.282 e. The van der Waals surface area contributed by atoms with E-state index in [-0.39, 0.29) is 23.1 Å². The number of alkyl halides is 1. The van der Waals surface area contributed by atoms with Gasteiger partial charge in [0.05, 0.1) is 0 Å². The van der Waals surface area contributed by atoms with Crippen molar-refractivity contribution in [3.8, 4) is 0 Å². The molecule has 1 aliphatic rings. The summed E-state index contributed by atoms with van der Waals surface area (Å²) in [6.45, 7) is 6.39. The van der Waals surface area contributed by atoms with Gasteiger partial charge in [-0.2, -0.15) is 0 Å². The van der Waals surface area contributed by atoms with Crippen LogP contribution in [0.5, 0.6) is 0 Å². The van der Waals surface area contributed by atoms with Gasteiger partial charge in [-0.3, -0.25) is 14.5 Å². The number of likely N-dealkylation sites (tertiary alicyclic amines) is 1. The van der Waals surface area contributed by atoms with Crippen LogP contribution >= 0.6 is 15.9 Å². The van der Waals surface area contributed by atoms with Crippen LogP contribution in [0.15, 0.2) is 0 Å². The highest BCUT2D eigenvalue weighted by Gasteiger charge is 2.38. The molecule has 0 aromatic rings. The lowest BCUT2D eigenvalue weighted by Gasteiger charge is -2.27. The average molecular weight is 262 g/mol. The Balaban J connectivity index is 2.70. The number of halogens is 1. The highest BCUT2D eigenvalue weighted by molar-refractivity contribution is 9.09. The summed E-state index contributed by atoms with van der Waals surface area (Å²) in [5, 5.41) is 0.783. The summed E-state index contributed by atoms with van der Waals surface area (Å²) in [6, 6.07) is 0. The number of imide groups is 1. The molecular weight excluding hydrogens is 246 g/mol. The number of rotatable bonds is 3. The molecule has 0 saturated carbocycles. The molecule has 0 aromatic heterocycles. The zero-order chi connectivity index (χ0) is 10.9.